The molecule has 0 spiro atoms. The lowest BCUT2D eigenvalue weighted by atomic mass is 10.1. The minimum atomic E-state index is -1.40. The highest BCUT2D eigenvalue weighted by molar-refractivity contribution is 5.77. The van der Waals surface area contributed by atoms with Gasteiger partial charge in [-0.3, -0.25) is 10.3 Å². The van der Waals surface area contributed by atoms with Gasteiger partial charge in [-0.15, -0.1) is 0 Å². The second-order valence-corrected chi connectivity index (χ2v) is 2.94. The van der Waals surface area contributed by atoms with E-state index in [4.69, 9.17) is 22.3 Å². The maximum Gasteiger partial charge on any atom is 0.338 e. The normalized spacial score (nSPS) is 14.4. The molecule has 7 nitrogen and oxygen atoms in total. The first-order chi connectivity index (χ1) is 6.42. The molecule has 0 radical (unpaired) electrons. The molecule has 14 heavy (non-hydrogen) atoms. The summed E-state index contributed by atoms with van der Waals surface area (Å²) in [6.07, 6.45) is 0.761. The van der Waals surface area contributed by atoms with Gasteiger partial charge in [0.1, 0.15) is 0 Å². The second kappa shape index (κ2) is 5.40. The molecule has 0 aliphatic heterocycles. The van der Waals surface area contributed by atoms with Crippen LogP contribution < -0.4 is 22.5 Å². The van der Waals surface area contributed by atoms with Gasteiger partial charge in [-0.1, -0.05) is 0 Å². The average molecular weight is 203 g/mol. The van der Waals surface area contributed by atoms with Crippen LogP contribution in [0.15, 0.2) is 4.99 Å². The number of guanidine groups is 1. The number of rotatable bonds is 6. The van der Waals surface area contributed by atoms with Crippen LogP contribution in [-0.2, 0) is 4.79 Å². The third-order valence-electron chi connectivity index (χ3n) is 1.85. The molecule has 0 aromatic rings. The summed E-state index contributed by atoms with van der Waals surface area (Å²) in [5, 5.41) is 11.3. The molecule has 82 valence electrons. The van der Waals surface area contributed by atoms with Crippen LogP contribution in [0.1, 0.15) is 12.8 Å². The Morgan fingerprint density at radius 3 is 2.50 bits per heavy atom. The number of carboxylic acids is 1. The third kappa shape index (κ3) is 4.06. The summed E-state index contributed by atoms with van der Waals surface area (Å²) >= 11 is 0. The van der Waals surface area contributed by atoms with Crippen LogP contribution in [0, 0.1) is 0 Å². The second-order valence-electron chi connectivity index (χ2n) is 2.94. The number of likely N-dealkylation sites (N-methyl/N-ethyl adjacent to an activating group) is 1. The summed E-state index contributed by atoms with van der Waals surface area (Å²) < 4.78 is 0. The number of aliphatic carboxylic acids is 1. The van der Waals surface area contributed by atoms with Crippen molar-refractivity contribution < 1.29 is 9.90 Å². The van der Waals surface area contributed by atoms with Gasteiger partial charge < -0.3 is 22.3 Å². The highest BCUT2D eigenvalue weighted by Crippen LogP contribution is 2.05. The number of hydrogen-bond acceptors (Lipinski definition) is 4. The quantitative estimate of drug-likeness (QED) is 0.146. The SMILES string of the molecule is CNC(N)(CCCN=C(N)N)C(=O)O. The molecule has 0 rings (SSSR count). The van der Waals surface area contributed by atoms with Gasteiger partial charge in [0, 0.05) is 6.54 Å². The smallest absolute Gasteiger partial charge is 0.338 e. The molecule has 0 heterocycles. The van der Waals surface area contributed by atoms with Crippen molar-refractivity contribution in [1.82, 2.24) is 5.32 Å². The van der Waals surface area contributed by atoms with Crippen molar-refractivity contribution in [3.63, 3.8) is 0 Å². The topological polar surface area (TPSA) is 140 Å². The molecular weight excluding hydrogens is 186 g/mol. The monoisotopic (exact) mass is 203 g/mol. The van der Waals surface area contributed by atoms with Crippen molar-refractivity contribution >= 4 is 11.9 Å². The summed E-state index contributed by atoms with van der Waals surface area (Å²) in [5.74, 6) is -1.10. The molecule has 1 unspecified atom stereocenters. The van der Waals surface area contributed by atoms with E-state index in [0.717, 1.165) is 0 Å². The fraction of sp³-hybridized carbons (Fsp3) is 0.714. The summed E-state index contributed by atoms with van der Waals surface area (Å²) in [7, 11) is 1.49. The van der Waals surface area contributed by atoms with E-state index in [2.05, 4.69) is 10.3 Å². The van der Waals surface area contributed by atoms with Crippen LogP contribution in [0.3, 0.4) is 0 Å². The Bertz CT molecular complexity index is 226. The molecule has 0 fully saturated rings. The Morgan fingerprint density at radius 2 is 2.14 bits per heavy atom. The molecule has 0 aromatic carbocycles. The van der Waals surface area contributed by atoms with E-state index in [1.807, 2.05) is 0 Å². The van der Waals surface area contributed by atoms with Gasteiger partial charge in [0.25, 0.3) is 0 Å². The summed E-state index contributed by atoms with van der Waals surface area (Å²) in [6.45, 7) is 0.371. The summed E-state index contributed by atoms with van der Waals surface area (Å²) in [5.41, 5.74) is 14.3. The first-order valence-corrected chi connectivity index (χ1v) is 4.19. The molecule has 0 aromatic heterocycles. The molecule has 7 heteroatoms. The van der Waals surface area contributed by atoms with Gasteiger partial charge in [0.05, 0.1) is 0 Å². The van der Waals surface area contributed by atoms with Crippen LogP contribution in [0.4, 0.5) is 0 Å². The van der Waals surface area contributed by atoms with Gasteiger partial charge in [0.15, 0.2) is 11.6 Å². The van der Waals surface area contributed by atoms with Crippen LogP contribution >= 0.6 is 0 Å². The fourth-order valence-electron chi connectivity index (χ4n) is 0.905. The van der Waals surface area contributed by atoms with Gasteiger partial charge in [-0.2, -0.15) is 0 Å². The number of nitrogens with zero attached hydrogens (tertiary/aromatic N) is 1. The van der Waals surface area contributed by atoms with Crippen LogP contribution in [0.5, 0.6) is 0 Å². The number of hydrogen-bond donors (Lipinski definition) is 5. The number of carboxylic acid groups (broad SMARTS) is 1. The van der Waals surface area contributed by atoms with E-state index in [9.17, 15) is 4.79 Å². The molecule has 0 saturated heterocycles. The molecule has 0 bridgehead atoms. The van der Waals surface area contributed by atoms with E-state index in [-0.39, 0.29) is 12.4 Å². The molecule has 0 aliphatic rings. The first-order valence-electron chi connectivity index (χ1n) is 4.19. The Kier molecular flexibility index (Phi) is 4.89. The maximum absolute atomic E-state index is 10.7. The maximum atomic E-state index is 10.7. The van der Waals surface area contributed by atoms with Crippen molar-refractivity contribution in [1.29, 1.82) is 0 Å². The summed E-state index contributed by atoms with van der Waals surface area (Å²) in [6, 6.07) is 0. The minimum absolute atomic E-state index is 0.00703. The summed E-state index contributed by atoms with van der Waals surface area (Å²) in [4.78, 5) is 14.4. The molecule has 0 saturated carbocycles. The Balaban J connectivity index is 3.97. The molecule has 0 amide bonds. The highest BCUT2D eigenvalue weighted by atomic mass is 16.4. The standard InChI is InChI=1S/C7H17N5O2/c1-11-7(10,5(13)14)3-2-4-12-6(8)9/h11H,2-4,10H2,1H3,(H,13,14)(H4,8,9,12). The van der Waals surface area contributed by atoms with Gasteiger partial charge in [-0.25, -0.2) is 4.79 Å². The number of carbonyl (C=O) groups is 1. The predicted octanol–water partition coefficient (Wildman–Crippen LogP) is -2.00. The average Bonchev–Trinajstić information content (AvgIpc) is 2.11. The van der Waals surface area contributed by atoms with E-state index in [1.54, 1.807) is 0 Å². The van der Waals surface area contributed by atoms with E-state index in [1.165, 1.54) is 7.05 Å². The van der Waals surface area contributed by atoms with Crippen molar-refractivity contribution in [2.45, 2.75) is 18.5 Å². The lowest BCUT2D eigenvalue weighted by Crippen LogP contribution is -2.58. The van der Waals surface area contributed by atoms with Gasteiger partial charge >= 0.3 is 5.97 Å². The molecule has 0 aliphatic carbocycles. The third-order valence-corrected chi connectivity index (χ3v) is 1.85. The largest absolute Gasteiger partial charge is 0.479 e. The van der Waals surface area contributed by atoms with Crippen molar-refractivity contribution in [3.8, 4) is 0 Å². The van der Waals surface area contributed by atoms with Crippen LogP contribution in [0.25, 0.3) is 0 Å². The van der Waals surface area contributed by atoms with Crippen LogP contribution in [0.2, 0.25) is 0 Å². The predicted molar refractivity (Wildman–Crippen MR) is 53.5 cm³/mol. The zero-order valence-electron chi connectivity index (χ0n) is 8.16. The minimum Gasteiger partial charge on any atom is -0.479 e. The van der Waals surface area contributed by atoms with Crippen molar-refractivity contribution in [2.24, 2.45) is 22.2 Å². The zero-order valence-corrected chi connectivity index (χ0v) is 8.16. The first kappa shape index (κ1) is 12.7. The lowest BCUT2D eigenvalue weighted by molar-refractivity contribution is -0.144. The Morgan fingerprint density at radius 1 is 1.57 bits per heavy atom. The lowest BCUT2D eigenvalue weighted by Gasteiger charge is -2.23. The van der Waals surface area contributed by atoms with E-state index < -0.39 is 11.6 Å². The Labute approximate surface area is 82.3 Å². The Hall–Kier alpha value is -1.34. The van der Waals surface area contributed by atoms with Gasteiger partial charge in [0.2, 0.25) is 0 Å². The number of nitrogens with two attached hydrogens (primary N) is 3. The zero-order chi connectivity index (χ0) is 11.2. The number of aliphatic imine (C=N–C) groups is 1. The van der Waals surface area contributed by atoms with E-state index >= 15 is 0 Å². The van der Waals surface area contributed by atoms with Crippen molar-refractivity contribution in [3.05, 3.63) is 0 Å². The molecule has 1 atom stereocenters. The highest BCUT2D eigenvalue weighted by Gasteiger charge is 2.30. The van der Waals surface area contributed by atoms with E-state index in [0.29, 0.717) is 13.0 Å². The van der Waals surface area contributed by atoms with Crippen LogP contribution in [-0.4, -0.2) is 36.3 Å². The molecular formula is C7H17N5O2. The number of nitrogens with one attached hydrogen (secondary N) is 1. The molecule has 8 N–H and O–H groups in total. The van der Waals surface area contributed by atoms with Crippen molar-refractivity contribution in [2.75, 3.05) is 13.6 Å². The fourth-order valence-corrected chi connectivity index (χ4v) is 0.905. The van der Waals surface area contributed by atoms with Gasteiger partial charge in [-0.05, 0) is 19.9 Å².